The average molecular weight is 285 g/mol. The van der Waals surface area contributed by atoms with Crippen LogP contribution in [0.25, 0.3) is 0 Å². The third-order valence-electron chi connectivity index (χ3n) is 3.07. The van der Waals surface area contributed by atoms with Crippen molar-refractivity contribution >= 4 is 16.0 Å². The molecule has 0 amide bonds. The van der Waals surface area contributed by atoms with Crippen LogP contribution in [0, 0.1) is 0 Å². The molecular formula is C11H19N5O2S. The summed E-state index contributed by atoms with van der Waals surface area (Å²) in [7, 11) is -3.17. The van der Waals surface area contributed by atoms with E-state index < -0.39 is 10.0 Å². The van der Waals surface area contributed by atoms with Crippen molar-refractivity contribution in [1.29, 1.82) is 0 Å². The standard InChI is InChI=1S/C11H19N5O2S/c12-3-1-10-19(17,18)16-8-6-15(7-9-16)11-13-4-2-5-14-11/h2,4-5H,1,3,6-10,12H2. The van der Waals surface area contributed by atoms with Crippen molar-refractivity contribution in [2.24, 2.45) is 5.73 Å². The fraction of sp³-hybridized carbons (Fsp3) is 0.636. The SMILES string of the molecule is NCCCS(=O)(=O)N1CCN(c2ncccn2)CC1. The first-order chi connectivity index (χ1) is 9.13. The molecule has 2 heterocycles. The third kappa shape index (κ3) is 3.62. The highest BCUT2D eigenvalue weighted by Crippen LogP contribution is 2.13. The predicted octanol–water partition coefficient (Wildman–Crippen LogP) is -0.723. The highest BCUT2D eigenvalue weighted by molar-refractivity contribution is 7.89. The highest BCUT2D eigenvalue weighted by Gasteiger charge is 2.27. The molecule has 8 heteroatoms. The molecule has 1 aromatic rings. The minimum absolute atomic E-state index is 0.130. The number of piperazine rings is 1. The van der Waals surface area contributed by atoms with Crippen LogP contribution in [-0.4, -0.2) is 61.2 Å². The molecule has 0 aliphatic carbocycles. The Kier molecular flexibility index (Phi) is 4.67. The number of hydrogen-bond donors (Lipinski definition) is 1. The van der Waals surface area contributed by atoms with Crippen molar-refractivity contribution in [3.8, 4) is 0 Å². The second-order valence-corrected chi connectivity index (χ2v) is 6.48. The van der Waals surface area contributed by atoms with Crippen LogP contribution in [0.5, 0.6) is 0 Å². The maximum atomic E-state index is 12.0. The van der Waals surface area contributed by atoms with E-state index in [1.165, 1.54) is 4.31 Å². The lowest BCUT2D eigenvalue weighted by Gasteiger charge is -2.33. The van der Waals surface area contributed by atoms with Gasteiger partial charge in [0.05, 0.1) is 5.75 Å². The molecule has 0 saturated carbocycles. The Hall–Kier alpha value is -1.25. The molecular weight excluding hydrogens is 266 g/mol. The van der Waals surface area contributed by atoms with E-state index in [0.717, 1.165) is 0 Å². The number of anilines is 1. The van der Waals surface area contributed by atoms with Crippen LogP contribution in [0.15, 0.2) is 18.5 Å². The predicted molar refractivity (Wildman–Crippen MR) is 73.3 cm³/mol. The molecule has 1 saturated heterocycles. The molecule has 0 spiro atoms. The second kappa shape index (κ2) is 6.27. The molecule has 0 bridgehead atoms. The Balaban J connectivity index is 1.92. The van der Waals surface area contributed by atoms with Crippen molar-refractivity contribution in [1.82, 2.24) is 14.3 Å². The summed E-state index contributed by atoms with van der Waals surface area (Å²) in [5.74, 6) is 0.784. The molecule has 0 aromatic carbocycles. The largest absolute Gasteiger partial charge is 0.338 e. The molecule has 0 atom stereocenters. The van der Waals surface area contributed by atoms with Gasteiger partial charge in [-0.3, -0.25) is 0 Å². The van der Waals surface area contributed by atoms with E-state index >= 15 is 0 Å². The second-order valence-electron chi connectivity index (χ2n) is 4.39. The quantitative estimate of drug-likeness (QED) is 0.767. The molecule has 2 N–H and O–H groups in total. The van der Waals surface area contributed by atoms with Gasteiger partial charge in [0.2, 0.25) is 16.0 Å². The first kappa shape index (κ1) is 14.2. The van der Waals surface area contributed by atoms with Crippen LogP contribution in [0.4, 0.5) is 5.95 Å². The summed E-state index contributed by atoms with van der Waals surface area (Å²) in [6, 6.07) is 1.76. The summed E-state index contributed by atoms with van der Waals surface area (Å²) >= 11 is 0. The zero-order valence-corrected chi connectivity index (χ0v) is 11.6. The zero-order valence-electron chi connectivity index (χ0n) is 10.8. The number of nitrogens with two attached hydrogens (primary N) is 1. The number of sulfonamides is 1. The van der Waals surface area contributed by atoms with E-state index in [0.29, 0.717) is 45.1 Å². The Morgan fingerprint density at radius 2 is 1.79 bits per heavy atom. The summed E-state index contributed by atoms with van der Waals surface area (Å²) in [6.07, 6.45) is 3.88. The molecule has 106 valence electrons. The van der Waals surface area contributed by atoms with Crippen molar-refractivity contribution in [3.05, 3.63) is 18.5 Å². The summed E-state index contributed by atoms with van der Waals surface area (Å²) in [4.78, 5) is 10.3. The van der Waals surface area contributed by atoms with Crippen molar-refractivity contribution in [2.75, 3.05) is 43.4 Å². The van der Waals surface area contributed by atoms with E-state index in [-0.39, 0.29) is 5.75 Å². The van der Waals surface area contributed by atoms with Gasteiger partial charge in [-0.15, -0.1) is 0 Å². The maximum Gasteiger partial charge on any atom is 0.225 e. The topological polar surface area (TPSA) is 92.4 Å². The summed E-state index contributed by atoms with van der Waals surface area (Å²) in [6.45, 7) is 2.59. The minimum atomic E-state index is -3.17. The monoisotopic (exact) mass is 285 g/mol. The molecule has 1 aliphatic heterocycles. The van der Waals surface area contributed by atoms with E-state index in [1.54, 1.807) is 18.5 Å². The Morgan fingerprint density at radius 3 is 2.37 bits per heavy atom. The summed E-state index contributed by atoms with van der Waals surface area (Å²) < 4.78 is 25.5. The molecule has 2 rings (SSSR count). The molecule has 0 unspecified atom stereocenters. The van der Waals surface area contributed by atoms with E-state index in [1.807, 2.05) is 4.90 Å². The van der Waals surface area contributed by atoms with E-state index in [2.05, 4.69) is 9.97 Å². The maximum absolute atomic E-state index is 12.0. The molecule has 1 fully saturated rings. The zero-order chi connectivity index (χ0) is 13.7. The number of rotatable bonds is 5. The summed E-state index contributed by atoms with van der Waals surface area (Å²) in [5, 5.41) is 0. The van der Waals surface area contributed by atoms with Crippen molar-refractivity contribution in [2.45, 2.75) is 6.42 Å². The van der Waals surface area contributed by atoms with Gasteiger partial charge < -0.3 is 10.6 Å². The van der Waals surface area contributed by atoms with Gasteiger partial charge in [-0.2, -0.15) is 4.31 Å². The third-order valence-corrected chi connectivity index (χ3v) is 5.03. The average Bonchev–Trinajstić information content (AvgIpc) is 2.46. The van der Waals surface area contributed by atoms with Gasteiger partial charge in [0.1, 0.15) is 0 Å². The van der Waals surface area contributed by atoms with Crippen molar-refractivity contribution < 1.29 is 8.42 Å². The van der Waals surface area contributed by atoms with Crippen LogP contribution in [0.1, 0.15) is 6.42 Å². The Bertz CT molecular complexity index is 485. The smallest absolute Gasteiger partial charge is 0.225 e. The molecule has 7 nitrogen and oxygen atoms in total. The van der Waals surface area contributed by atoms with Crippen LogP contribution in [-0.2, 0) is 10.0 Å². The number of nitrogens with zero attached hydrogens (tertiary/aromatic N) is 4. The van der Waals surface area contributed by atoms with Crippen LogP contribution < -0.4 is 10.6 Å². The minimum Gasteiger partial charge on any atom is -0.338 e. The van der Waals surface area contributed by atoms with E-state index in [9.17, 15) is 8.42 Å². The van der Waals surface area contributed by atoms with Gasteiger partial charge in [-0.1, -0.05) is 0 Å². The molecule has 0 radical (unpaired) electrons. The lowest BCUT2D eigenvalue weighted by atomic mass is 10.4. The van der Waals surface area contributed by atoms with E-state index in [4.69, 9.17) is 5.73 Å². The molecule has 1 aliphatic rings. The fourth-order valence-electron chi connectivity index (χ4n) is 2.02. The first-order valence-electron chi connectivity index (χ1n) is 6.33. The lowest BCUT2D eigenvalue weighted by molar-refractivity contribution is 0.382. The van der Waals surface area contributed by atoms with Gasteiger partial charge in [-0.25, -0.2) is 18.4 Å². The summed E-state index contributed by atoms with van der Waals surface area (Å²) in [5.41, 5.74) is 5.36. The van der Waals surface area contributed by atoms with Gasteiger partial charge in [0.15, 0.2) is 0 Å². The van der Waals surface area contributed by atoms with Crippen LogP contribution in [0.2, 0.25) is 0 Å². The normalized spacial score (nSPS) is 17.6. The van der Waals surface area contributed by atoms with Gasteiger partial charge in [0.25, 0.3) is 0 Å². The van der Waals surface area contributed by atoms with Crippen LogP contribution in [0.3, 0.4) is 0 Å². The number of aromatic nitrogens is 2. The van der Waals surface area contributed by atoms with Gasteiger partial charge in [-0.05, 0) is 19.0 Å². The van der Waals surface area contributed by atoms with Gasteiger partial charge in [0, 0.05) is 38.6 Å². The fourth-order valence-corrected chi connectivity index (χ4v) is 3.52. The Labute approximate surface area is 113 Å². The highest BCUT2D eigenvalue weighted by atomic mass is 32.2. The molecule has 19 heavy (non-hydrogen) atoms. The molecule has 1 aromatic heterocycles. The Morgan fingerprint density at radius 1 is 1.16 bits per heavy atom. The van der Waals surface area contributed by atoms with Gasteiger partial charge >= 0.3 is 0 Å². The van der Waals surface area contributed by atoms with Crippen LogP contribution >= 0.6 is 0 Å². The number of hydrogen-bond acceptors (Lipinski definition) is 6. The lowest BCUT2D eigenvalue weighted by Crippen LogP contribution is -2.49. The van der Waals surface area contributed by atoms with Crippen molar-refractivity contribution in [3.63, 3.8) is 0 Å². The first-order valence-corrected chi connectivity index (χ1v) is 7.94.